The molecule has 9 heteroatoms. The van der Waals surface area contributed by atoms with Gasteiger partial charge in [0.25, 0.3) is 5.91 Å². The minimum atomic E-state index is -0.165. The molecule has 126 valence electrons. The molecule has 0 saturated carbocycles. The molecule has 1 aliphatic rings. The maximum Gasteiger partial charge on any atom is 0.263 e. The third-order valence-electron chi connectivity index (χ3n) is 3.58. The van der Waals surface area contributed by atoms with Crippen molar-refractivity contribution in [2.75, 3.05) is 25.0 Å². The van der Waals surface area contributed by atoms with E-state index in [2.05, 4.69) is 25.6 Å². The lowest BCUT2D eigenvalue weighted by Crippen LogP contribution is -2.30. The topological polar surface area (TPSA) is 100 Å². The number of thiazole rings is 1. The van der Waals surface area contributed by atoms with Gasteiger partial charge in [0, 0.05) is 38.4 Å². The van der Waals surface area contributed by atoms with Crippen LogP contribution >= 0.6 is 11.3 Å². The number of anilines is 2. The van der Waals surface area contributed by atoms with Gasteiger partial charge in [0.2, 0.25) is 11.9 Å². The van der Waals surface area contributed by atoms with Gasteiger partial charge in [-0.15, -0.1) is 0 Å². The van der Waals surface area contributed by atoms with Crippen LogP contribution in [0.2, 0.25) is 0 Å². The average Bonchev–Trinajstić information content (AvgIpc) is 3.22. The van der Waals surface area contributed by atoms with E-state index in [9.17, 15) is 9.59 Å². The van der Waals surface area contributed by atoms with Gasteiger partial charge in [-0.1, -0.05) is 11.3 Å². The summed E-state index contributed by atoms with van der Waals surface area (Å²) >= 11 is 1.24. The molecule has 0 aliphatic carbocycles. The Morgan fingerprint density at radius 1 is 1.29 bits per heavy atom. The van der Waals surface area contributed by atoms with Gasteiger partial charge in [-0.05, 0) is 18.9 Å². The van der Waals surface area contributed by atoms with Crippen LogP contribution in [-0.2, 0) is 4.79 Å². The summed E-state index contributed by atoms with van der Waals surface area (Å²) in [5.41, 5.74) is 0. The molecule has 1 aliphatic heterocycles. The molecule has 2 amide bonds. The van der Waals surface area contributed by atoms with Crippen LogP contribution in [0.5, 0.6) is 0 Å². The molecular weight excluding hydrogens is 328 g/mol. The summed E-state index contributed by atoms with van der Waals surface area (Å²) in [6, 6.07) is 1.72. The second-order valence-corrected chi connectivity index (χ2v) is 6.35. The number of carbonyl (C=O) groups is 2. The second-order valence-electron chi connectivity index (χ2n) is 5.32. The van der Waals surface area contributed by atoms with Gasteiger partial charge >= 0.3 is 0 Å². The van der Waals surface area contributed by atoms with Gasteiger partial charge in [0.15, 0.2) is 5.13 Å². The maximum absolute atomic E-state index is 12.1. The molecule has 3 heterocycles. The largest absolute Gasteiger partial charge is 0.351 e. The number of amides is 2. The van der Waals surface area contributed by atoms with Crippen LogP contribution in [-0.4, -0.2) is 51.3 Å². The molecule has 0 bridgehead atoms. The van der Waals surface area contributed by atoms with Crippen LogP contribution < -0.4 is 10.6 Å². The molecule has 0 radical (unpaired) electrons. The van der Waals surface area contributed by atoms with Crippen molar-refractivity contribution in [1.82, 2.24) is 25.2 Å². The Labute approximate surface area is 143 Å². The SMILES string of the molecule is O=C(NCCCN1CCCC1=O)c1cnc(Nc2ncccn2)s1. The number of carbonyl (C=O) groups excluding carboxylic acids is 2. The fraction of sp³-hybridized carbons (Fsp3) is 0.400. The Kier molecular flexibility index (Phi) is 5.32. The highest BCUT2D eigenvalue weighted by atomic mass is 32.1. The molecule has 2 aromatic rings. The van der Waals surface area contributed by atoms with E-state index in [0.29, 0.717) is 35.5 Å². The van der Waals surface area contributed by atoms with E-state index < -0.39 is 0 Å². The first-order valence-corrected chi connectivity index (χ1v) is 8.60. The van der Waals surface area contributed by atoms with E-state index >= 15 is 0 Å². The number of aromatic nitrogens is 3. The Bertz CT molecular complexity index is 705. The summed E-state index contributed by atoms with van der Waals surface area (Å²) in [6.45, 7) is 2.06. The third kappa shape index (κ3) is 4.25. The van der Waals surface area contributed by atoms with E-state index in [1.54, 1.807) is 18.5 Å². The van der Waals surface area contributed by atoms with Gasteiger partial charge in [0.05, 0.1) is 6.20 Å². The fourth-order valence-electron chi connectivity index (χ4n) is 2.40. The fourth-order valence-corrected chi connectivity index (χ4v) is 3.12. The molecule has 8 nitrogen and oxygen atoms in total. The predicted molar refractivity (Wildman–Crippen MR) is 90.2 cm³/mol. The first-order chi connectivity index (χ1) is 11.7. The Hall–Kier alpha value is -2.55. The zero-order valence-electron chi connectivity index (χ0n) is 13.1. The quantitative estimate of drug-likeness (QED) is 0.736. The molecule has 0 atom stereocenters. The van der Waals surface area contributed by atoms with E-state index in [-0.39, 0.29) is 11.8 Å². The van der Waals surface area contributed by atoms with E-state index in [0.717, 1.165) is 19.4 Å². The lowest BCUT2D eigenvalue weighted by molar-refractivity contribution is -0.127. The molecular formula is C15H18N6O2S. The predicted octanol–water partition coefficient (Wildman–Crippen LogP) is 1.42. The number of hydrogen-bond donors (Lipinski definition) is 2. The second kappa shape index (κ2) is 7.82. The zero-order valence-corrected chi connectivity index (χ0v) is 13.9. The monoisotopic (exact) mass is 346 g/mol. The standard InChI is InChI=1S/C15H18N6O2S/c22-12-4-1-8-21(12)9-3-7-16-13(23)11-10-19-15(24-11)20-14-17-5-2-6-18-14/h2,5-6,10H,1,3-4,7-9H2,(H,16,23)(H,17,18,19,20). The van der Waals surface area contributed by atoms with Crippen LogP contribution in [0.15, 0.2) is 24.7 Å². The maximum atomic E-state index is 12.1. The van der Waals surface area contributed by atoms with Crippen LogP contribution in [0.4, 0.5) is 11.1 Å². The normalized spacial score (nSPS) is 14.0. The van der Waals surface area contributed by atoms with Crippen molar-refractivity contribution in [3.05, 3.63) is 29.5 Å². The van der Waals surface area contributed by atoms with Crippen LogP contribution in [0.1, 0.15) is 28.9 Å². The average molecular weight is 346 g/mol. The number of rotatable bonds is 7. The smallest absolute Gasteiger partial charge is 0.263 e. The van der Waals surface area contributed by atoms with Gasteiger partial charge in [-0.2, -0.15) is 0 Å². The van der Waals surface area contributed by atoms with Crippen molar-refractivity contribution in [2.24, 2.45) is 0 Å². The molecule has 0 spiro atoms. The molecule has 0 unspecified atom stereocenters. The highest BCUT2D eigenvalue weighted by Gasteiger charge is 2.19. The van der Waals surface area contributed by atoms with Crippen molar-refractivity contribution < 1.29 is 9.59 Å². The number of hydrogen-bond acceptors (Lipinski definition) is 7. The van der Waals surface area contributed by atoms with Crippen molar-refractivity contribution in [3.8, 4) is 0 Å². The first kappa shape index (κ1) is 16.3. The minimum absolute atomic E-state index is 0.165. The Morgan fingerprint density at radius 3 is 2.88 bits per heavy atom. The lowest BCUT2D eigenvalue weighted by Gasteiger charge is -2.15. The summed E-state index contributed by atoms with van der Waals surface area (Å²) in [5, 5.41) is 6.36. The van der Waals surface area contributed by atoms with E-state index in [1.807, 2.05) is 4.90 Å². The summed E-state index contributed by atoms with van der Waals surface area (Å²) in [4.78, 5) is 38.2. The molecule has 2 N–H and O–H groups in total. The highest BCUT2D eigenvalue weighted by Crippen LogP contribution is 2.20. The van der Waals surface area contributed by atoms with Crippen molar-refractivity contribution in [3.63, 3.8) is 0 Å². The summed E-state index contributed by atoms with van der Waals surface area (Å²) in [7, 11) is 0. The van der Waals surface area contributed by atoms with Crippen LogP contribution in [0, 0.1) is 0 Å². The summed E-state index contributed by atoms with van der Waals surface area (Å²) < 4.78 is 0. The van der Waals surface area contributed by atoms with Gasteiger partial charge < -0.3 is 15.5 Å². The summed E-state index contributed by atoms with van der Waals surface area (Å²) in [6.07, 6.45) is 7.11. The number of nitrogens with one attached hydrogen (secondary N) is 2. The molecule has 2 aromatic heterocycles. The van der Waals surface area contributed by atoms with Crippen molar-refractivity contribution in [1.29, 1.82) is 0 Å². The third-order valence-corrected chi connectivity index (χ3v) is 4.49. The highest BCUT2D eigenvalue weighted by molar-refractivity contribution is 7.17. The Morgan fingerprint density at radius 2 is 2.12 bits per heavy atom. The number of nitrogens with zero attached hydrogens (tertiary/aromatic N) is 4. The van der Waals surface area contributed by atoms with Crippen molar-refractivity contribution >= 4 is 34.2 Å². The van der Waals surface area contributed by atoms with Crippen LogP contribution in [0.3, 0.4) is 0 Å². The molecule has 1 fully saturated rings. The van der Waals surface area contributed by atoms with E-state index in [1.165, 1.54) is 17.5 Å². The first-order valence-electron chi connectivity index (χ1n) is 7.78. The molecule has 24 heavy (non-hydrogen) atoms. The Balaban J connectivity index is 1.43. The van der Waals surface area contributed by atoms with Crippen LogP contribution in [0.25, 0.3) is 0 Å². The molecule has 0 aromatic carbocycles. The van der Waals surface area contributed by atoms with Crippen molar-refractivity contribution in [2.45, 2.75) is 19.3 Å². The minimum Gasteiger partial charge on any atom is -0.351 e. The zero-order chi connectivity index (χ0) is 16.8. The summed E-state index contributed by atoms with van der Waals surface area (Å²) in [5.74, 6) is 0.485. The van der Waals surface area contributed by atoms with Gasteiger partial charge in [0.1, 0.15) is 4.88 Å². The van der Waals surface area contributed by atoms with E-state index in [4.69, 9.17) is 0 Å². The molecule has 3 rings (SSSR count). The molecule has 1 saturated heterocycles. The van der Waals surface area contributed by atoms with Gasteiger partial charge in [-0.25, -0.2) is 15.0 Å². The van der Waals surface area contributed by atoms with Gasteiger partial charge in [-0.3, -0.25) is 9.59 Å². The lowest BCUT2D eigenvalue weighted by atomic mass is 10.3. The number of likely N-dealkylation sites (tertiary alicyclic amines) is 1.